The summed E-state index contributed by atoms with van der Waals surface area (Å²) in [5.74, 6) is 0.686. The second kappa shape index (κ2) is 8.97. The Balaban J connectivity index is 1.87. The van der Waals surface area contributed by atoms with E-state index < -0.39 is 17.2 Å². The van der Waals surface area contributed by atoms with Crippen molar-refractivity contribution < 1.29 is 18.7 Å². The van der Waals surface area contributed by atoms with Crippen molar-refractivity contribution >= 4 is 17.0 Å². The van der Waals surface area contributed by atoms with E-state index in [1.165, 1.54) is 24.8 Å². The summed E-state index contributed by atoms with van der Waals surface area (Å²) in [4.78, 5) is 47.7. The summed E-state index contributed by atoms with van der Waals surface area (Å²) in [6.07, 6.45) is 0. The van der Waals surface area contributed by atoms with Crippen LogP contribution in [0.4, 0.5) is 0 Å². The molecular weight excluding hydrogens is 440 g/mol. The van der Waals surface area contributed by atoms with E-state index in [-0.39, 0.29) is 23.1 Å². The quantitative estimate of drug-likeness (QED) is 0.400. The van der Waals surface area contributed by atoms with E-state index in [4.69, 9.17) is 13.9 Å². The minimum atomic E-state index is -0.690. The fraction of sp³-hybridized carbons (Fsp3) is 0.292. The molecule has 0 fully saturated rings. The van der Waals surface area contributed by atoms with Crippen molar-refractivity contribution in [3.05, 3.63) is 73.9 Å². The molecule has 4 aromatic rings. The van der Waals surface area contributed by atoms with Gasteiger partial charge in [-0.15, -0.1) is 0 Å². The smallest absolute Gasteiger partial charge is 0.338 e. The molecule has 0 bridgehead atoms. The lowest BCUT2D eigenvalue weighted by Crippen LogP contribution is -2.40. The molecule has 0 atom stereocenters. The van der Waals surface area contributed by atoms with Crippen LogP contribution in [0.5, 0.6) is 5.75 Å². The van der Waals surface area contributed by atoms with Crippen LogP contribution in [0.1, 0.15) is 34.4 Å². The predicted molar refractivity (Wildman–Crippen MR) is 124 cm³/mol. The number of fused-ring (bicyclic) bond motifs is 1. The summed E-state index contributed by atoms with van der Waals surface area (Å²) in [6.45, 7) is 5.58. The first-order valence-corrected chi connectivity index (χ1v) is 10.6. The Kier molecular flexibility index (Phi) is 6.06. The molecular formula is C24H24N4O6. The first kappa shape index (κ1) is 23.0. The molecule has 1 aromatic carbocycles. The maximum Gasteiger partial charge on any atom is 0.338 e. The lowest BCUT2D eigenvalue weighted by atomic mass is 10.1. The van der Waals surface area contributed by atoms with E-state index >= 15 is 0 Å². The number of benzene rings is 1. The van der Waals surface area contributed by atoms with Crippen LogP contribution in [-0.4, -0.2) is 38.8 Å². The number of carbonyl (C=O) groups excluding carboxylic acids is 1. The number of nitrogens with zero attached hydrogens (tertiary/aromatic N) is 4. The van der Waals surface area contributed by atoms with Crippen molar-refractivity contribution in [2.24, 2.45) is 7.05 Å². The third-order valence-electron chi connectivity index (χ3n) is 5.45. The van der Waals surface area contributed by atoms with Gasteiger partial charge in [0.15, 0.2) is 0 Å². The van der Waals surface area contributed by atoms with Gasteiger partial charge in [-0.3, -0.25) is 13.9 Å². The molecule has 0 unspecified atom stereocenters. The van der Waals surface area contributed by atoms with Crippen molar-refractivity contribution in [2.75, 3.05) is 13.7 Å². The zero-order chi connectivity index (χ0) is 24.6. The molecule has 0 amide bonds. The van der Waals surface area contributed by atoms with Gasteiger partial charge in [-0.1, -0.05) is 12.1 Å². The Morgan fingerprint density at radius 1 is 1.15 bits per heavy atom. The summed E-state index contributed by atoms with van der Waals surface area (Å²) in [7, 11) is 2.72. The Labute approximate surface area is 194 Å². The zero-order valence-corrected chi connectivity index (χ0v) is 19.5. The van der Waals surface area contributed by atoms with E-state index in [1.54, 1.807) is 13.8 Å². The number of aryl methyl sites for hydroxylation is 3. The summed E-state index contributed by atoms with van der Waals surface area (Å²) >= 11 is 0. The van der Waals surface area contributed by atoms with Crippen LogP contribution in [0.3, 0.4) is 0 Å². The number of oxazole rings is 1. The summed E-state index contributed by atoms with van der Waals surface area (Å²) in [5.41, 5.74) is 0.432. The Morgan fingerprint density at radius 2 is 1.88 bits per heavy atom. The summed E-state index contributed by atoms with van der Waals surface area (Å²) in [5, 5.41) is 0.00242. The van der Waals surface area contributed by atoms with Gasteiger partial charge in [-0.25, -0.2) is 19.6 Å². The normalized spacial score (nSPS) is 11.1. The zero-order valence-electron chi connectivity index (χ0n) is 19.5. The number of carbonyl (C=O) groups is 1. The Morgan fingerprint density at radius 3 is 2.59 bits per heavy atom. The summed E-state index contributed by atoms with van der Waals surface area (Å²) < 4.78 is 18.6. The molecule has 0 N–H and O–H groups in total. The van der Waals surface area contributed by atoms with Crippen molar-refractivity contribution in [3.8, 4) is 17.2 Å². The molecule has 4 rings (SSSR count). The van der Waals surface area contributed by atoms with Gasteiger partial charge in [-0.05, 0) is 39.0 Å². The van der Waals surface area contributed by atoms with Crippen LogP contribution in [0.25, 0.3) is 22.5 Å². The van der Waals surface area contributed by atoms with Gasteiger partial charge in [0.05, 0.1) is 36.8 Å². The number of hydrogen-bond acceptors (Lipinski definition) is 8. The van der Waals surface area contributed by atoms with Crippen molar-refractivity contribution in [1.29, 1.82) is 0 Å². The molecule has 3 aromatic heterocycles. The molecule has 0 spiro atoms. The highest BCUT2D eigenvalue weighted by Crippen LogP contribution is 2.30. The SMILES string of the molecule is CCOc1ccccc1-c1nc(Cn2c(=O)c3c(C(=O)OC)cc(C)nc3n(C)c2=O)c(C)o1. The molecule has 176 valence electrons. The number of pyridine rings is 1. The Bertz CT molecular complexity index is 1530. The second-order valence-corrected chi connectivity index (χ2v) is 7.69. The fourth-order valence-corrected chi connectivity index (χ4v) is 3.78. The maximum atomic E-state index is 13.4. The number of hydrogen-bond donors (Lipinski definition) is 0. The Hall–Kier alpha value is -4.21. The van der Waals surface area contributed by atoms with Gasteiger partial charge in [0.2, 0.25) is 5.89 Å². The van der Waals surface area contributed by atoms with Gasteiger partial charge in [0.25, 0.3) is 5.56 Å². The molecule has 10 nitrogen and oxygen atoms in total. The third-order valence-corrected chi connectivity index (χ3v) is 5.45. The van der Waals surface area contributed by atoms with Gasteiger partial charge < -0.3 is 13.9 Å². The molecule has 0 aliphatic carbocycles. The molecule has 0 aliphatic heterocycles. The first-order valence-electron chi connectivity index (χ1n) is 10.6. The average Bonchev–Trinajstić information content (AvgIpc) is 3.19. The second-order valence-electron chi connectivity index (χ2n) is 7.69. The number of ether oxygens (including phenoxy) is 2. The molecule has 3 heterocycles. The molecule has 34 heavy (non-hydrogen) atoms. The minimum Gasteiger partial charge on any atom is -0.493 e. The highest BCUT2D eigenvalue weighted by molar-refractivity contribution is 6.02. The van der Waals surface area contributed by atoms with E-state index in [9.17, 15) is 14.4 Å². The van der Waals surface area contributed by atoms with Crippen LogP contribution in [0.2, 0.25) is 0 Å². The van der Waals surface area contributed by atoms with Crippen LogP contribution >= 0.6 is 0 Å². The monoisotopic (exact) mass is 464 g/mol. The first-order chi connectivity index (χ1) is 16.3. The highest BCUT2D eigenvalue weighted by atomic mass is 16.5. The van der Waals surface area contributed by atoms with Crippen LogP contribution in [0.15, 0.2) is 44.3 Å². The number of rotatable bonds is 6. The minimum absolute atomic E-state index is 0.00242. The molecule has 0 radical (unpaired) electrons. The lowest BCUT2D eigenvalue weighted by Gasteiger charge is -2.12. The molecule has 10 heteroatoms. The van der Waals surface area contributed by atoms with Crippen LogP contribution in [0, 0.1) is 13.8 Å². The van der Waals surface area contributed by atoms with E-state index in [0.717, 1.165) is 4.57 Å². The number of methoxy groups -OCH3 is 1. The van der Waals surface area contributed by atoms with Crippen LogP contribution < -0.4 is 16.0 Å². The molecule has 0 saturated heterocycles. The van der Waals surface area contributed by atoms with Crippen LogP contribution in [-0.2, 0) is 18.3 Å². The fourth-order valence-electron chi connectivity index (χ4n) is 3.78. The van der Waals surface area contributed by atoms with Crippen molar-refractivity contribution in [3.63, 3.8) is 0 Å². The number of esters is 1. The standard InChI is InChI=1S/C24H24N4O6/c1-6-33-18-10-8-7-9-15(18)21-26-17(14(3)34-21)12-28-22(29)19-16(23(30)32-5)11-13(2)25-20(19)27(4)24(28)31/h7-11H,6,12H2,1-5H3. The molecule has 0 saturated carbocycles. The van der Waals surface area contributed by atoms with E-state index in [0.29, 0.717) is 41.0 Å². The van der Waals surface area contributed by atoms with Crippen molar-refractivity contribution in [2.45, 2.75) is 27.3 Å². The maximum absolute atomic E-state index is 13.4. The predicted octanol–water partition coefficient (Wildman–Crippen LogP) is 2.60. The van der Waals surface area contributed by atoms with E-state index in [1.807, 2.05) is 31.2 Å². The average molecular weight is 464 g/mol. The largest absolute Gasteiger partial charge is 0.493 e. The molecule has 0 aliphatic rings. The topological polar surface area (TPSA) is 118 Å². The van der Waals surface area contributed by atoms with E-state index in [2.05, 4.69) is 9.97 Å². The number of aromatic nitrogens is 4. The highest BCUT2D eigenvalue weighted by Gasteiger charge is 2.22. The van der Waals surface area contributed by atoms with Crippen molar-refractivity contribution in [1.82, 2.24) is 19.1 Å². The van der Waals surface area contributed by atoms with Gasteiger partial charge in [0.1, 0.15) is 22.9 Å². The summed E-state index contributed by atoms with van der Waals surface area (Å²) in [6, 6.07) is 8.78. The lowest BCUT2D eigenvalue weighted by molar-refractivity contribution is 0.0602. The van der Waals surface area contributed by atoms with Gasteiger partial charge in [0, 0.05) is 12.7 Å². The van der Waals surface area contributed by atoms with Gasteiger partial charge >= 0.3 is 11.7 Å². The van der Waals surface area contributed by atoms with Gasteiger partial charge in [-0.2, -0.15) is 0 Å². The third kappa shape index (κ3) is 3.87. The number of para-hydroxylation sites is 1.